The van der Waals surface area contributed by atoms with Crippen molar-refractivity contribution >= 4 is 27.5 Å². The van der Waals surface area contributed by atoms with Crippen molar-refractivity contribution in [3.05, 3.63) is 29.3 Å². The van der Waals surface area contributed by atoms with Gasteiger partial charge >= 0.3 is 0 Å². The summed E-state index contributed by atoms with van der Waals surface area (Å²) in [5, 5.41) is 4.38. The van der Waals surface area contributed by atoms with E-state index in [0.29, 0.717) is 30.3 Å². The number of carbonyl (C=O) groups is 1. The first-order valence-corrected chi connectivity index (χ1v) is 9.90. The number of aromatic nitrogens is 1. The molecule has 5 heteroatoms. The van der Waals surface area contributed by atoms with E-state index in [1.54, 1.807) is 11.3 Å². The number of hydrogen-bond donors (Lipinski definition) is 2. The van der Waals surface area contributed by atoms with E-state index in [9.17, 15) is 4.79 Å². The zero-order valence-corrected chi connectivity index (χ0v) is 14.7. The van der Waals surface area contributed by atoms with Crippen LogP contribution in [0.3, 0.4) is 0 Å². The molecule has 2 unspecified atom stereocenters. The Bertz CT molecular complexity index is 681. The van der Waals surface area contributed by atoms with Gasteiger partial charge in [-0.1, -0.05) is 18.6 Å². The Morgan fingerprint density at radius 3 is 2.75 bits per heavy atom. The molecule has 2 bridgehead atoms. The molecule has 1 aromatic carbocycles. The number of aryl methyl sites for hydroxylation is 1. The molecule has 0 saturated heterocycles. The summed E-state index contributed by atoms with van der Waals surface area (Å²) < 4.78 is 1.20. The number of carbonyl (C=O) groups excluding carboxylic acids is 1. The fraction of sp³-hybridized carbons (Fsp3) is 0.579. The van der Waals surface area contributed by atoms with Crippen LogP contribution in [0.25, 0.3) is 10.2 Å². The highest BCUT2D eigenvalue weighted by molar-refractivity contribution is 7.18. The minimum Gasteiger partial charge on any atom is -0.353 e. The molecule has 0 spiro atoms. The third-order valence-corrected chi connectivity index (χ3v) is 6.70. The van der Waals surface area contributed by atoms with Crippen molar-refractivity contribution in [2.24, 2.45) is 17.6 Å². The number of nitrogens with zero attached hydrogens (tertiary/aromatic N) is 1. The van der Waals surface area contributed by atoms with Gasteiger partial charge in [-0.05, 0) is 49.7 Å². The van der Waals surface area contributed by atoms with Gasteiger partial charge in [0.15, 0.2) is 0 Å². The molecule has 3 N–H and O–H groups in total. The second-order valence-electron chi connectivity index (χ2n) is 7.35. The highest BCUT2D eigenvalue weighted by Crippen LogP contribution is 2.39. The molecule has 1 amide bonds. The van der Waals surface area contributed by atoms with Crippen LogP contribution in [-0.4, -0.2) is 23.0 Å². The lowest BCUT2D eigenvalue weighted by atomic mass is 9.67. The zero-order valence-electron chi connectivity index (χ0n) is 13.9. The molecule has 0 radical (unpaired) electrons. The number of para-hydroxylation sites is 1. The summed E-state index contributed by atoms with van der Waals surface area (Å²) in [6.07, 6.45) is 7.12. The van der Waals surface area contributed by atoms with Gasteiger partial charge in [-0.15, -0.1) is 11.3 Å². The maximum Gasteiger partial charge on any atom is 0.220 e. The zero-order chi connectivity index (χ0) is 16.5. The monoisotopic (exact) mass is 343 g/mol. The molecule has 128 valence electrons. The summed E-state index contributed by atoms with van der Waals surface area (Å²) in [5.74, 6) is 1.34. The number of amides is 1. The largest absolute Gasteiger partial charge is 0.353 e. The fourth-order valence-corrected chi connectivity index (χ4v) is 5.50. The van der Waals surface area contributed by atoms with E-state index in [1.165, 1.54) is 24.0 Å². The summed E-state index contributed by atoms with van der Waals surface area (Å²) in [4.78, 5) is 17.1. The fourth-order valence-electron chi connectivity index (χ4n) is 4.53. The smallest absolute Gasteiger partial charge is 0.220 e. The van der Waals surface area contributed by atoms with Gasteiger partial charge in [0, 0.05) is 24.9 Å². The lowest BCUT2D eigenvalue weighted by Gasteiger charge is -2.45. The Balaban J connectivity index is 1.35. The first kappa shape index (κ1) is 16.0. The van der Waals surface area contributed by atoms with Gasteiger partial charge in [-0.25, -0.2) is 4.98 Å². The molecule has 24 heavy (non-hydrogen) atoms. The molecule has 2 atom stereocenters. The predicted octanol–water partition coefficient (Wildman–Crippen LogP) is 3.25. The summed E-state index contributed by atoms with van der Waals surface area (Å²) in [5.41, 5.74) is 7.21. The standard InChI is InChI=1S/C19H25N3OS/c20-14-10-12-4-3-5-13(11-14)19(12)22-17(23)8-9-18-21-15-6-1-2-7-16(15)24-18/h1-2,6-7,12-14,19H,3-5,8-11,20H2,(H,22,23). The summed E-state index contributed by atoms with van der Waals surface area (Å²) >= 11 is 1.69. The number of fused-ring (bicyclic) bond motifs is 3. The Morgan fingerprint density at radius 2 is 2.00 bits per heavy atom. The first-order chi connectivity index (χ1) is 11.7. The van der Waals surface area contributed by atoms with Gasteiger partial charge in [0.05, 0.1) is 15.2 Å². The minimum absolute atomic E-state index is 0.173. The van der Waals surface area contributed by atoms with Crippen molar-refractivity contribution in [2.75, 3.05) is 0 Å². The highest BCUT2D eigenvalue weighted by Gasteiger charge is 2.39. The molecule has 2 aliphatic rings. The maximum atomic E-state index is 12.4. The van der Waals surface area contributed by atoms with Gasteiger partial charge in [0.25, 0.3) is 0 Å². The third-order valence-electron chi connectivity index (χ3n) is 5.61. The SMILES string of the molecule is NC1CC2CCCC(C1)C2NC(=O)CCc1nc2ccccc2s1. The second-order valence-corrected chi connectivity index (χ2v) is 8.47. The van der Waals surface area contributed by atoms with Crippen LogP contribution in [0.15, 0.2) is 24.3 Å². The Hall–Kier alpha value is -1.46. The van der Waals surface area contributed by atoms with Crippen LogP contribution in [-0.2, 0) is 11.2 Å². The number of benzene rings is 1. The van der Waals surface area contributed by atoms with Gasteiger partial charge in [-0.3, -0.25) is 4.79 Å². The van der Waals surface area contributed by atoms with Crippen molar-refractivity contribution in [2.45, 2.75) is 57.0 Å². The topological polar surface area (TPSA) is 68.0 Å². The average molecular weight is 343 g/mol. The van der Waals surface area contributed by atoms with Crippen molar-refractivity contribution in [3.8, 4) is 0 Å². The first-order valence-electron chi connectivity index (χ1n) is 9.08. The van der Waals surface area contributed by atoms with Crippen LogP contribution in [0.4, 0.5) is 0 Å². The van der Waals surface area contributed by atoms with Crippen LogP contribution < -0.4 is 11.1 Å². The molecular formula is C19H25N3OS. The van der Waals surface area contributed by atoms with Crippen molar-refractivity contribution in [3.63, 3.8) is 0 Å². The molecule has 2 aliphatic carbocycles. The Labute approximate surface area is 146 Å². The number of nitrogens with two attached hydrogens (primary N) is 1. The molecule has 1 aromatic heterocycles. The van der Waals surface area contributed by atoms with E-state index in [0.717, 1.165) is 29.8 Å². The van der Waals surface area contributed by atoms with Crippen LogP contribution in [0.1, 0.15) is 43.5 Å². The summed E-state index contributed by atoms with van der Waals surface area (Å²) in [6, 6.07) is 8.83. The normalized spacial score (nSPS) is 29.5. The molecule has 2 fully saturated rings. The molecular weight excluding hydrogens is 318 g/mol. The van der Waals surface area contributed by atoms with E-state index in [1.807, 2.05) is 18.2 Å². The van der Waals surface area contributed by atoms with E-state index in [2.05, 4.69) is 16.4 Å². The van der Waals surface area contributed by atoms with E-state index in [-0.39, 0.29) is 5.91 Å². The molecule has 4 rings (SSSR count). The van der Waals surface area contributed by atoms with E-state index < -0.39 is 0 Å². The number of hydrogen-bond acceptors (Lipinski definition) is 4. The molecule has 4 nitrogen and oxygen atoms in total. The summed E-state index contributed by atoms with van der Waals surface area (Å²) in [7, 11) is 0. The van der Waals surface area contributed by atoms with E-state index in [4.69, 9.17) is 5.73 Å². The van der Waals surface area contributed by atoms with Crippen molar-refractivity contribution in [1.29, 1.82) is 0 Å². The third kappa shape index (κ3) is 3.33. The lowest BCUT2D eigenvalue weighted by Crippen LogP contribution is -2.53. The number of nitrogens with one attached hydrogen (secondary N) is 1. The molecule has 1 heterocycles. The van der Waals surface area contributed by atoms with Gasteiger partial charge in [0.1, 0.15) is 0 Å². The van der Waals surface area contributed by atoms with Gasteiger partial charge in [0.2, 0.25) is 5.91 Å². The molecule has 2 saturated carbocycles. The van der Waals surface area contributed by atoms with Crippen molar-refractivity contribution in [1.82, 2.24) is 10.3 Å². The maximum absolute atomic E-state index is 12.4. The lowest BCUT2D eigenvalue weighted by molar-refractivity contribution is -0.123. The van der Waals surface area contributed by atoms with Gasteiger partial charge < -0.3 is 11.1 Å². The van der Waals surface area contributed by atoms with Crippen LogP contribution in [0.5, 0.6) is 0 Å². The van der Waals surface area contributed by atoms with Crippen LogP contribution in [0.2, 0.25) is 0 Å². The van der Waals surface area contributed by atoms with Crippen molar-refractivity contribution < 1.29 is 4.79 Å². The minimum atomic E-state index is 0.173. The quantitative estimate of drug-likeness (QED) is 0.895. The van der Waals surface area contributed by atoms with Crippen LogP contribution >= 0.6 is 11.3 Å². The molecule has 2 aromatic rings. The average Bonchev–Trinajstić information content (AvgIpc) is 2.97. The van der Waals surface area contributed by atoms with E-state index >= 15 is 0 Å². The highest BCUT2D eigenvalue weighted by atomic mass is 32.1. The second kappa shape index (κ2) is 6.81. The summed E-state index contributed by atoms with van der Waals surface area (Å²) in [6.45, 7) is 0. The number of thiazole rings is 1. The number of rotatable bonds is 4. The predicted molar refractivity (Wildman–Crippen MR) is 97.9 cm³/mol. The van der Waals surface area contributed by atoms with Gasteiger partial charge in [-0.2, -0.15) is 0 Å². The molecule has 0 aliphatic heterocycles. The van der Waals surface area contributed by atoms with Crippen LogP contribution in [0, 0.1) is 11.8 Å². The Kier molecular flexibility index (Phi) is 4.55. The Morgan fingerprint density at radius 1 is 1.25 bits per heavy atom.